The van der Waals surface area contributed by atoms with E-state index >= 15 is 0 Å². The van der Waals surface area contributed by atoms with Crippen LogP contribution in [0.1, 0.15) is 11.5 Å². The number of furan rings is 1. The summed E-state index contributed by atoms with van der Waals surface area (Å²) in [5.74, 6) is 0.278. The van der Waals surface area contributed by atoms with Crippen molar-refractivity contribution < 1.29 is 4.42 Å². The molecule has 0 saturated carbocycles. The molecule has 0 saturated heterocycles. The summed E-state index contributed by atoms with van der Waals surface area (Å²) in [6.07, 6.45) is 9.10. The number of para-hydroxylation sites is 3. The highest BCUT2D eigenvalue weighted by Crippen LogP contribution is 2.50. The second kappa shape index (κ2) is 10.6. The van der Waals surface area contributed by atoms with Crippen molar-refractivity contribution in [2.75, 3.05) is 4.90 Å². The molecule has 244 valence electrons. The number of fused-ring (bicyclic) bond motifs is 12. The van der Waals surface area contributed by atoms with Gasteiger partial charge in [0, 0.05) is 70.3 Å². The normalized spacial score (nSPS) is 16.7. The zero-order valence-electron chi connectivity index (χ0n) is 28.0. The van der Waals surface area contributed by atoms with Crippen LogP contribution in [-0.2, 0) is 0 Å². The van der Waals surface area contributed by atoms with Crippen molar-refractivity contribution in [3.8, 4) is 16.8 Å². The largest absolute Gasteiger partial charge is 0.456 e. The van der Waals surface area contributed by atoms with Crippen molar-refractivity contribution in [3.63, 3.8) is 0 Å². The highest BCUT2D eigenvalue weighted by Gasteiger charge is 2.38. The molecule has 0 N–H and O–H groups in total. The molecule has 3 nitrogen and oxygen atoms in total. The minimum absolute atomic E-state index is 0.195. The lowest BCUT2D eigenvalue weighted by molar-refractivity contribution is 0.669. The number of hydrogen-bond donors (Lipinski definition) is 0. The summed E-state index contributed by atoms with van der Waals surface area (Å²) in [7, 11) is 0. The third-order valence-corrected chi connectivity index (χ3v) is 12.5. The van der Waals surface area contributed by atoms with Gasteiger partial charge in [-0.2, -0.15) is 0 Å². The van der Waals surface area contributed by atoms with E-state index in [1.807, 2.05) is 17.4 Å². The number of anilines is 2. The van der Waals surface area contributed by atoms with E-state index in [2.05, 4.69) is 173 Å². The number of rotatable bonds is 3. The van der Waals surface area contributed by atoms with Crippen molar-refractivity contribution in [2.24, 2.45) is 0 Å². The number of thiophene rings is 1. The van der Waals surface area contributed by atoms with E-state index < -0.39 is 0 Å². The smallest absolute Gasteiger partial charge is 0.135 e. The number of nitrogens with zero attached hydrogens (tertiary/aromatic N) is 2. The molecular formula is C48H30N2OS. The lowest BCUT2D eigenvalue weighted by Crippen LogP contribution is -2.28. The van der Waals surface area contributed by atoms with Crippen LogP contribution in [0.4, 0.5) is 11.4 Å². The van der Waals surface area contributed by atoms with E-state index in [0.29, 0.717) is 0 Å². The molecule has 0 spiro atoms. The molecule has 4 heteroatoms. The minimum Gasteiger partial charge on any atom is -0.456 e. The first-order valence-electron chi connectivity index (χ1n) is 17.9. The van der Waals surface area contributed by atoms with Crippen molar-refractivity contribution in [1.29, 1.82) is 0 Å². The van der Waals surface area contributed by atoms with Crippen LogP contribution in [0.15, 0.2) is 174 Å². The maximum Gasteiger partial charge on any atom is 0.135 e. The van der Waals surface area contributed by atoms with Crippen LogP contribution in [0.5, 0.6) is 0 Å². The SMILES string of the molecule is C1=CC2c3ccc(-c4cccc5c6ccccc6n(-c6ccc7sc8ccccc8c7c6)c45)cc3N(c3ccc4oc5ccccc5c4c3)C2C=C1. The average molecular weight is 683 g/mol. The van der Waals surface area contributed by atoms with E-state index in [4.69, 9.17) is 4.42 Å². The van der Waals surface area contributed by atoms with Crippen LogP contribution < -0.4 is 4.90 Å². The fourth-order valence-corrected chi connectivity index (χ4v) is 10.1. The van der Waals surface area contributed by atoms with Gasteiger partial charge in [-0.3, -0.25) is 0 Å². The lowest BCUT2D eigenvalue weighted by atomic mass is 9.90. The third kappa shape index (κ3) is 3.90. The van der Waals surface area contributed by atoms with E-state index in [9.17, 15) is 0 Å². The van der Waals surface area contributed by atoms with Gasteiger partial charge in [0.15, 0.2) is 0 Å². The Balaban J connectivity index is 1.09. The predicted molar refractivity (Wildman–Crippen MR) is 220 cm³/mol. The zero-order chi connectivity index (χ0) is 33.9. The zero-order valence-corrected chi connectivity index (χ0v) is 28.8. The Hall–Kier alpha value is -6.36. The third-order valence-electron chi connectivity index (χ3n) is 11.3. The number of aromatic nitrogens is 1. The van der Waals surface area contributed by atoms with E-state index in [-0.39, 0.29) is 12.0 Å². The van der Waals surface area contributed by atoms with Gasteiger partial charge in [-0.1, -0.05) is 109 Å². The number of hydrogen-bond acceptors (Lipinski definition) is 3. The van der Waals surface area contributed by atoms with E-state index in [1.54, 1.807) is 0 Å². The van der Waals surface area contributed by atoms with Crippen LogP contribution in [0.25, 0.3) is 80.7 Å². The molecule has 3 aromatic heterocycles. The van der Waals surface area contributed by atoms with Crippen molar-refractivity contribution in [2.45, 2.75) is 12.0 Å². The van der Waals surface area contributed by atoms with Crippen LogP contribution in [0.2, 0.25) is 0 Å². The molecule has 1 aliphatic heterocycles. The monoisotopic (exact) mass is 682 g/mol. The topological polar surface area (TPSA) is 21.3 Å². The summed E-state index contributed by atoms with van der Waals surface area (Å²) < 4.78 is 11.4. The summed E-state index contributed by atoms with van der Waals surface area (Å²) in [4.78, 5) is 2.54. The minimum atomic E-state index is 0.195. The number of benzene rings is 7. The molecule has 0 fully saturated rings. The Bertz CT molecular complexity index is 3170. The molecule has 2 aliphatic rings. The predicted octanol–water partition coefficient (Wildman–Crippen LogP) is 13.4. The highest BCUT2D eigenvalue weighted by molar-refractivity contribution is 7.25. The molecule has 2 unspecified atom stereocenters. The van der Waals surface area contributed by atoms with Gasteiger partial charge in [0.1, 0.15) is 11.2 Å². The van der Waals surface area contributed by atoms with Gasteiger partial charge in [-0.25, -0.2) is 0 Å². The second-order valence-corrected chi connectivity index (χ2v) is 15.1. The van der Waals surface area contributed by atoms with Crippen LogP contribution in [-0.4, -0.2) is 10.6 Å². The van der Waals surface area contributed by atoms with Gasteiger partial charge in [0.05, 0.1) is 17.1 Å². The van der Waals surface area contributed by atoms with Gasteiger partial charge < -0.3 is 13.9 Å². The van der Waals surface area contributed by atoms with Crippen LogP contribution >= 0.6 is 11.3 Å². The van der Waals surface area contributed by atoms with Crippen LogP contribution in [0, 0.1) is 0 Å². The van der Waals surface area contributed by atoms with E-state index in [1.165, 1.54) is 75.7 Å². The Kier molecular flexibility index (Phi) is 5.77. The molecule has 52 heavy (non-hydrogen) atoms. The summed E-state index contributed by atoms with van der Waals surface area (Å²) in [5, 5.41) is 7.44. The molecule has 0 radical (unpaired) electrons. The first kappa shape index (κ1) is 28.3. The van der Waals surface area contributed by atoms with Crippen molar-refractivity contribution in [1.82, 2.24) is 4.57 Å². The van der Waals surface area contributed by atoms with Crippen molar-refractivity contribution in [3.05, 3.63) is 175 Å². The molecule has 0 bridgehead atoms. The molecule has 0 amide bonds. The van der Waals surface area contributed by atoms with Crippen molar-refractivity contribution >= 4 is 86.6 Å². The maximum atomic E-state index is 6.23. The molecule has 4 heterocycles. The fraction of sp³-hybridized carbons (Fsp3) is 0.0417. The molecule has 12 rings (SSSR count). The Morgan fingerprint density at radius 2 is 1.27 bits per heavy atom. The maximum absolute atomic E-state index is 6.23. The molecule has 2 atom stereocenters. The first-order valence-corrected chi connectivity index (χ1v) is 18.7. The Morgan fingerprint density at radius 1 is 0.519 bits per heavy atom. The van der Waals surface area contributed by atoms with Gasteiger partial charge in [-0.05, 0) is 71.8 Å². The summed E-state index contributed by atoms with van der Waals surface area (Å²) in [5.41, 5.74) is 11.7. The average Bonchev–Trinajstić information content (AvgIpc) is 3.95. The quantitative estimate of drug-likeness (QED) is 0.185. The van der Waals surface area contributed by atoms with Gasteiger partial charge in [0.2, 0.25) is 0 Å². The molecule has 7 aromatic carbocycles. The lowest BCUT2D eigenvalue weighted by Gasteiger charge is -2.29. The summed E-state index contributed by atoms with van der Waals surface area (Å²) >= 11 is 1.87. The summed E-state index contributed by atoms with van der Waals surface area (Å²) in [6, 6.07) is 53.7. The van der Waals surface area contributed by atoms with Gasteiger partial charge in [0.25, 0.3) is 0 Å². The van der Waals surface area contributed by atoms with Gasteiger partial charge in [-0.15, -0.1) is 11.3 Å². The highest BCUT2D eigenvalue weighted by atomic mass is 32.1. The summed E-state index contributed by atoms with van der Waals surface area (Å²) in [6.45, 7) is 0. The Labute approximate surface area is 303 Å². The van der Waals surface area contributed by atoms with E-state index in [0.717, 1.165) is 21.9 Å². The molecule has 10 aromatic rings. The van der Waals surface area contributed by atoms with Gasteiger partial charge >= 0.3 is 0 Å². The Morgan fingerprint density at radius 3 is 2.23 bits per heavy atom. The second-order valence-electron chi connectivity index (χ2n) is 14.0. The fourth-order valence-electron chi connectivity index (χ4n) is 9.04. The number of allylic oxidation sites excluding steroid dienone is 2. The first-order chi connectivity index (χ1) is 25.8. The molecular weight excluding hydrogens is 653 g/mol. The van der Waals surface area contributed by atoms with Crippen LogP contribution in [0.3, 0.4) is 0 Å². The molecule has 1 aliphatic carbocycles. The standard InChI is InChI=1S/C48H30N2OS/c1-5-16-41-33(10-1)35-23-20-29(26-43(35)49(41)30-21-24-45-39(27-30)36-12-3-7-18-44(36)51-45)32-14-9-15-38-34-11-2-6-17-42(34)50(48(32)38)31-22-25-47-40(28-31)37-13-4-8-19-46(37)52-47/h1-28,33,41H.